The van der Waals surface area contributed by atoms with Gasteiger partial charge < -0.3 is 13.8 Å². The molecule has 0 spiro atoms. The van der Waals surface area contributed by atoms with Crippen molar-refractivity contribution in [2.75, 3.05) is 14.1 Å². The smallest absolute Gasteiger partial charge is 0.253 e. The molecular formula is C19H15N3O3. The predicted octanol–water partition coefficient (Wildman–Crippen LogP) is 3.85. The number of fused-ring (bicyclic) bond motifs is 1. The van der Waals surface area contributed by atoms with Gasteiger partial charge in [-0.15, -0.1) is 0 Å². The molecule has 0 unspecified atom stereocenters. The van der Waals surface area contributed by atoms with Crippen LogP contribution in [0, 0.1) is 0 Å². The average molecular weight is 333 g/mol. The lowest BCUT2D eigenvalue weighted by Crippen LogP contribution is -2.21. The number of oxazole rings is 1. The van der Waals surface area contributed by atoms with E-state index in [-0.39, 0.29) is 5.91 Å². The number of hydrogen-bond donors (Lipinski definition) is 0. The van der Waals surface area contributed by atoms with E-state index in [1.807, 2.05) is 30.3 Å². The summed E-state index contributed by atoms with van der Waals surface area (Å²) < 4.78 is 10.9. The Morgan fingerprint density at radius 3 is 2.64 bits per heavy atom. The molecule has 0 N–H and O–H groups in total. The Kier molecular flexibility index (Phi) is 3.57. The van der Waals surface area contributed by atoms with Crippen molar-refractivity contribution in [2.24, 2.45) is 0 Å². The molecule has 0 atom stereocenters. The number of carbonyl (C=O) groups excluding carboxylic acids is 1. The molecule has 0 saturated heterocycles. The monoisotopic (exact) mass is 333 g/mol. The van der Waals surface area contributed by atoms with Gasteiger partial charge in [0.2, 0.25) is 5.89 Å². The molecule has 6 nitrogen and oxygen atoms in total. The van der Waals surface area contributed by atoms with Crippen molar-refractivity contribution >= 4 is 16.9 Å². The van der Waals surface area contributed by atoms with Crippen molar-refractivity contribution in [3.05, 3.63) is 60.4 Å². The van der Waals surface area contributed by atoms with Crippen molar-refractivity contribution in [1.82, 2.24) is 15.0 Å². The minimum Gasteiger partial charge on any atom is -0.444 e. The van der Waals surface area contributed by atoms with Crippen LogP contribution in [0.5, 0.6) is 0 Å². The molecule has 25 heavy (non-hydrogen) atoms. The summed E-state index contributed by atoms with van der Waals surface area (Å²) in [6.07, 6.45) is 1.54. The summed E-state index contributed by atoms with van der Waals surface area (Å²) in [7, 11) is 3.43. The summed E-state index contributed by atoms with van der Waals surface area (Å²) >= 11 is 0. The third-order valence-corrected chi connectivity index (χ3v) is 3.89. The lowest BCUT2D eigenvalue weighted by atomic mass is 10.1. The summed E-state index contributed by atoms with van der Waals surface area (Å²) in [6.45, 7) is 0. The second-order valence-corrected chi connectivity index (χ2v) is 5.85. The normalized spacial score (nSPS) is 11.0. The van der Waals surface area contributed by atoms with Crippen molar-refractivity contribution < 1.29 is 13.7 Å². The first-order valence-electron chi connectivity index (χ1n) is 7.76. The van der Waals surface area contributed by atoms with Gasteiger partial charge in [-0.25, -0.2) is 4.98 Å². The van der Waals surface area contributed by atoms with Gasteiger partial charge in [-0.1, -0.05) is 23.4 Å². The van der Waals surface area contributed by atoms with Crippen LogP contribution in [0.2, 0.25) is 0 Å². The minimum absolute atomic E-state index is 0.0841. The molecule has 0 radical (unpaired) electrons. The van der Waals surface area contributed by atoms with Crippen LogP contribution >= 0.6 is 0 Å². The largest absolute Gasteiger partial charge is 0.444 e. The third-order valence-electron chi connectivity index (χ3n) is 3.89. The van der Waals surface area contributed by atoms with Gasteiger partial charge in [0.25, 0.3) is 5.91 Å². The van der Waals surface area contributed by atoms with Crippen molar-refractivity contribution in [1.29, 1.82) is 0 Å². The number of benzene rings is 2. The van der Waals surface area contributed by atoms with Crippen LogP contribution in [-0.4, -0.2) is 35.0 Å². The molecule has 0 aliphatic heterocycles. The van der Waals surface area contributed by atoms with Crippen LogP contribution in [0.4, 0.5) is 0 Å². The molecule has 0 bridgehead atoms. The molecule has 4 aromatic rings. The first kappa shape index (κ1) is 15.1. The van der Waals surface area contributed by atoms with Gasteiger partial charge in [0.05, 0.1) is 5.39 Å². The van der Waals surface area contributed by atoms with E-state index in [1.165, 1.54) is 4.90 Å². The predicted molar refractivity (Wildman–Crippen MR) is 93.0 cm³/mol. The van der Waals surface area contributed by atoms with E-state index >= 15 is 0 Å². The highest BCUT2D eigenvalue weighted by molar-refractivity contribution is 6.00. The standard InChI is InChI=1S/C19H15N3O3/c1-22(2)19(23)13-8-9-16-14(10-13)17(21-25-16)15-11-24-18(20-15)12-6-4-3-5-7-12/h3-11H,1-2H3. The molecule has 1 amide bonds. The maximum Gasteiger partial charge on any atom is 0.253 e. The lowest BCUT2D eigenvalue weighted by molar-refractivity contribution is 0.0828. The van der Waals surface area contributed by atoms with Gasteiger partial charge in [-0.2, -0.15) is 0 Å². The first-order valence-corrected chi connectivity index (χ1v) is 7.76. The summed E-state index contributed by atoms with van der Waals surface area (Å²) in [6, 6.07) is 14.8. The average Bonchev–Trinajstić information content (AvgIpc) is 3.28. The van der Waals surface area contributed by atoms with Crippen LogP contribution in [-0.2, 0) is 0 Å². The second-order valence-electron chi connectivity index (χ2n) is 5.85. The maximum absolute atomic E-state index is 12.2. The Balaban J connectivity index is 1.78. The van der Waals surface area contributed by atoms with Crippen molar-refractivity contribution in [3.63, 3.8) is 0 Å². The van der Waals surface area contributed by atoms with E-state index in [0.717, 1.165) is 10.9 Å². The lowest BCUT2D eigenvalue weighted by Gasteiger charge is -2.09. The van der Waals surface area contributed by atoms with E-state index in [0.29, 0.717) is 28.4 Å². The summed E-state index contributed by atoms with van der Waals surface area (Å²) in [5, 5.41) is 4.82. The molecule has 2 aromatic carbocycles. The minimum atomic E-state index is -0.0841. The number of hydrogen-bond acceptors (Lipinski definition) is 5. The van der Waals surface area contributed by atoms with E-state index in [2.05, 4.69) is 10.1 Å². The van der Waals surface area contributed by atoms with Crippen LogP contribution in [0.25, 0.3) is 33.8 Å². The quantitative estimate of drug-likeness (QED) is 0.569. The van der Waals surface area contributed by atoms with Gasteiger partial charge in [0, 0.05) is 25.2 Å². The molecule has 0 fully saturated rings. The maximum atomic E-state index is 12.2. The van der Waals surface area contributed by atoms with Crippen molar-refractivity contribution in [2.45, 2.75) is 0 Å². The van der Waals surface area contributed by atoms with Gasteiger partial charge in [-0.05, 0) is 30.3 Å². The highest BCUT2D eigenvalue weighted by Crippen LogP contribution is 2.30. The van der Waals surface area contributed by atoms with Crippen LogP contribution in [0.15, 0.2) is 63.7 Å². The highest BCUT2D eigenvalue weighted by Gasteiger charge is 2.18. The topological polar surface area (TPSA) is 72.4 Å². The number of rotatable bonds is 3. The number of carbonyl (C=O) groups is 1. The summed E-state index contributed by atoms with van der Waals surface area (Å²) in [5.74, 6) is 0.423. The van der Waals surface area contributed by atoms with Crippen molar-refractivity contribution in [3.8, 4) is 22.8 Å². The summed E-state index contributed by atoms with van der Waals surface area (Å²) in [5.41, 5.74) is 3.15. The molecule has 6 heteroatoms. The third kappa shape index (κ3) is 2.67. The molecule has 2 aromatic heterocycles. The first-order chi connectivity index (χ1) is 12.1. The molecule has 0 saturated carbocycles. The number of amides is 1. The van der Waals surface area contributed by atoms with Crippen LogP contribution in [0.1, 0.15) is 10.4 Å². The Morgan fingerprint density at radius 1 is 1.08 bits per heavy atom. The van der Waals surface area contributed by atoms with E-state index in [1.54, 1.807) is 38.6 Å². The Bertz CT molecular complexity index is 1050. The van der Waals surface area contributed by atoms with E-state index < -0.39 is 0 Å². The molecule has 124 valence electrons. The van der Waals surface area contributed by atoms with Gasteiger partial charge in [-0.3, -0.25) is 4.79 Å². The zero-order valence-corrected chi connectivity index (χ0v) is 13.8. The SMILES string of the molecule is CN(C)C(=O)c1ccc2onc(-c3coc(-c4ccccc4)n3)c2c1. The molecule has 0 aliphatic carbocycles. The molecule has 0 aliphatic rings. The number of nitrogens with zero attached hydrogens (tertiary/aromatic N) is 3. The fourth-order valence-electron chi connectivity index (χ4n) is 2.61. The zero-order chi connectivity index (χ0) is 17.4. The van der Waals surface area contributed by atoms with Gasteiger partial charge in [0.1, 0.15) is 17.7 Å². The molecular weight excluding hydrogens is 318 g/mol. The molecule has 2 heterocycles. The fourth-order valence-corrected chi connectivity index (χ4v) is 2.61. The van der Waals surface area contributed by atoms with Gasteiger partial charge in [0.15, 0.2) is 5.58 Å². The van der Waals surface area contributed by atoms with E-state index in [9.17, 15) is 4.79 Å². The second kappa shape index (κ2) is 5.90. The van der Waals surface area contributed by atoms with E-state index in [4.69, 9.17) is 8.94 Å². The Hall–Kier alpha value is -3.41. The van der Waals surface area contributed by atoms with Gasteiger partial charge >= 0.3 is 0 Å². The van der Waals surface area contributed by atoms with Crippen LogP contribution < -0.4 is 0 Å². The van der Waals surface area contributed by atoms with Crippen LogP contribution in [0.3, 0.4) is 0 Å². The zero-order valence-electron chi connectivity index (χ0n) is 13.8. The Labute approximate surface area is 143 Å². The Morgan fingerprint density at radius 2 is 1.88 bits per heavy atom. The number of aromatic nitrogens is 2. The molecule has 4 rings (SSSR count). The highest BCUT2D eigenvalue weighted by atomic mass is 16.5. The summed E-state index contributed by atoms with van der Waals surface area (Å²) in [4.78, 5) is 18.2. The fraction of sp³-hybridized carbons (Fsp3) is 0.105.